The molecule has 0 bridgehead atoms. The molecular formula is C16H14F2N2O. The van der Waals surface area contributed by atoms with Gasteiger partial charge in [0.2, 0.25) is 0 Å². The summed E-state index contributed by atoms with van der Waals surface area (Å²) >= 11 is 0. The number of rotatable bonds is 3. The van der Waals surface area contributed by atoms with E-state index < -0.39 is 17.7 Å². The first-order valence-corrected chi connectivity index (χ1v) is 6.30. The second-order valence-electron chi connectivity index (χ2n) is 4.47. The summed E-state index contributed by atoms with van der Waals surface area (Å²) in [6.45, 7) is 1.96. The van der Waals surface area contributed by atoms with E-state index in [2.05, 4.69) is 10.6 Å². The third-order valence-electron chi connectivity index (χ3n) is 2.71. The van der Waals surface area contributed by atoms with Crippen molar-refractivity contribution < 1.29 is 13.6 Å². The predicted molar refractivity (Wildman–Crippen MR) is 78.7 cm³/mol. The number of urea groups is 1. The van der Waals surface area contributed by atoms with Crippen LogP contribution in [0.15, 0.2) is 48.7 Å². The Hall–Kier alpha value is -2.69. The van der Waals surface area contributed by atoms with E-state index >= 15 is 0 Å². The summed E-state index contributed by atoms with van der Waals surface area (Å²) in [7, 11) is 0. The zero-order valence-electron chi connectivity index (χ0n) is 11.4. The lowest BCUT2D eigenvalue weighted by Crippen LogP contribution is -2.24. The molecule has 0 aliphatic rings. The summed E-state index contributed by atoms with van der Waals surface area (Å²) < 4.78 is 26.3. The minimum atomic E-state index is -0.700. The molecule has 0 saturated heterocycles. The van der Waals surface area contributed by atoms with Crippen LogP contribution in [0.4, 0.5) is 19.3 Å². The van der Waals surface area contributed by atoms with Gasteiger partial charge in [0.25, 0.3) is 0 Å². The normalized spacial score (nSPS) is 10.6. The van der Waals surface area contributed by atoms with Crippen LogP contribution in [-0.4, -0.2) is 6.03 Å². The van der Waals surface area contributed by atoms with Crippen LogP contribution >= 0.6 is 0 Å². The molecule has 3 nitrogen and oxygen atoms in total. The number of nitrogens with one attached hydrogen (secondary N) is 2. The van der Waals surface area contributed by atoms with Gasteiger partial charge in [-0.05, 0) is 30.7 Å². The summed E-state index contributed by atoms with van der Waals surface area (Å²) in [6.07, 6.45) is 3.13. The van der Waals surface area contributed by atoms with E-state index in [4.69, 9.17) is 0 Å². The molecule has 0 unspecified atom stereocenters. The van der Waals surface area contributed by atoms with Gasteiger partial charge in [-0.3, -0.25) is 0 Å². The van der Waals surface area contributed by atoms with E-state index in [-0.39, 0.29) is 5.69 Å². The fourth-order valence-electron chi connectivity index (χ4n) is 1.74. The van der Waals surface area contributed by atoms with Crippen molar-refractivity contribution in [1.82, 2.24) is 5.32 Å². The van der Waals surface area contributed by atoms with Gasteiger partial charge in [0.05, 0.1) is 5.69 Å². The molecule has 2 rings (SSSR count). The summed E-state index contributed by atoms with van der Waals surface area (Å²) in [5.74, 6) is -1.32. The van der Waals surface area contributed by atoms with Gasteiger partial charge in [0, 0.05) is 12.3 Å². The van der Waals surface area contributed by atoms with Crippen molar-refractivity contribution in [2.75, 3.05) is 5.32 Å². The second kappa shape index (κ2) is 6.65. The molecule has 0 radical (unpaired) electrons. The highest BCUT2D eigenvalue weighted by molar-refractivity contribution is 5.90. The van der Waals surface area contributed by atoms with Gasteiger partial charge < -0.3 is 10.6 Å². The largest absolute Gasteiger partial charge is 0.323 e. The van der Waals surface area contributed by atoms with Crippen LogP contribution in [-0.2, 0) is 0 Å². The highest BCUT2D eigenvalue weighted by Gasteiger charge is 2.06. The first-order chi connectivity index (χ1) is 10.0. The van der Waals surface area contributed by atoms with Crippen molar-refractivity contribution in [3.63, 3.8) is 0 Å². The SMILES string of the molecule is Cc1cccc(/C=C/NC(=O)Nc2cc(F)ccc2F)c1. The smallest absolute Gasteiger partial charge is 0.314 e. The molecular weight excluding hydrogens is 274 g/mol. The number of amides is 2. The first-order valence-electron chi connectivity index (χ1n) is 6.30. The standard InChI is InChI=1S/C16H14F2N2O/c1-11-3-2-4-12(9-11)7-8-19-16(21)20-15-10-13(17)5-6-14(15)18/h2-10H,1H3,(H2,19,20,21)/b8-7+. The maximum Gasteiger partial charge on any atom is 0.323 e. The minimum Gasteiger partial charge on any atom is -0.314 e. The van der Waals surface area contributed by atoms with Gasteiger partial charge in [0.15, 0.2) is 0 Å². The Balaban J connectivity index is 1.94. The Morgan fingerprint density at radius 1 is 1.14 bits per heavy atom. The third-order valence-corrected chi connectivity index (χ3v) is 2.71. The van der Waals surface area contributed by atoms with Crippen LogP contribution in [0, 0.1) is 18.6 Å². The average Bonchev–Trinajstić information content (AvgIpc) is 2.43. The van der Waals surface area contributed by atoms with E-state index in [1.165, 1.54) is 6.20 Å². The topological polar surface area (TPSA) is 41.1 Å². The second-order valence-corrected chi connectivity index (χ2v) is 4.47. The molecule has 2 aromatic rings. The lowest BCUT2D eigenvalue weighted by molar-refractivity contribution is 0.255. The van der Waals surface area contributed by atoms with Gasteiger partial charge in [-0.25, -0.2) is 13.6 Å². The molecule has 21 heavy (non-hydrogen) atoms. The number of benzene rings is 2. The molecule has 2 amide bonds. The molecule has 2 aromatic carbocycles. The summed E-state index contributed by atoms with van der Waals surface area (Å²) in [5.41, 5.74) is 1.81. The number of hydrogen-bond acceptors (Lipinski definition) is 1. The van der Waals surface area contributed by atoms with E-state index in [1.807, 2.05) is 31.2 Å². The van der Waals surface area contributed by atoms with Crippen LogP contribution < -0.4 is 10.6 Å². The average molecular weight is 288 g/mol. The summed E-state index contributed by atoms with van der Waals surface area (Å²) in [4.78, 5) is 11.6. The molecule has 0 aromatic heterocycles. The fraction of sp³-hybridized carbons (Fsp3) is 0.0625. The van der Waals surface area contributed by atoms with Gasteiger partial charge in [0.1, 0.15) is 11.6 Å². The van der Waals surface area contributed by atoms with Crippen molar-refractivity contribution in [2.45, 2.75) is 6.92 Å². The predicted octanol–water partition coefficient (Wildman–Crippen LogP) is 4.07. The number of anilines is 1. The highest BCUT2D eigenvalue weighted by atomic mass is 19.1. The molecule has 108 valence electrons. The number of aryl methyl sites for hydroxylation is 1. The van der Waals surface area contributed by atoms with Crippen LogP contribution in [0.5, 0.6) is 0 Å². The Kier molecular flexibility index (Phi) is 4.66. The Morgan fingerprint density at radius 2 is 1.95 bits per heavy atom. The van der Waals surface area contributed by atoms with E-state index in [1.54, 1.807) is 6.08 Å². The zero-order chi connectivity index (χ0) is 15.2. The lowest BCUT2D eigenvalue weighted by Gasteiger charge is -2.05. The Morgan fingerprint density at radius 3 is 2.71 bits per heavy atom. The van der Waals surface area contributed by atoms with Crippen LogP contribution in [0.2, 0.25) is 0 Å². The van der Waals surface area contributed by atoms with Crippen molar-refractivity contribution in [1.29, 1.82) is 0 Å². The zero-order valence-corrected chi connectivity index (χ0v) is 11.4. The molecule has 5 heteroatoms. The van der Waals surface area contributed by atoms with Crippen molar-refractivity contribution >= 4 is 17.8 Å². The molecule has 0 saturated carbocycles. The molecule has 0 aliphatic carbocycles. The minimum absolute atomic E-state index is 0.212. The Labute approximate surface area is 121 Å². The van der Waals surface area contributed by atoms with Crippen LogP contribution in [0.3, 0.4) is 0 Å². The number of carbonyl (C=O) groups excluding carboxylic acids is 1. The lowest BCUT2D eigenvalue weighted by atomic mass is 10.1. The van der Waals surface area contributed by atoms with E-state index in [0.717, 1.165) is 29.3 Å². The van der Waals surface area contributed by atoms with Crippen molar-refractivity contribution in [2.24, 2.45) is 0 Å². The van der Waals surface area contributed by atoms with Crippen molar-refractivity contribution in [3.05, 3.63) is 71.4 Å². The summed E-state index contributed by atoms with van der Waals surface area (Å²) in [6, 6.07) is 9.89. The Bertz CT molecular complexity index is 684. The van der Waals surface area contributed by atoms with Crippen LogP contribution in [0.25, 0.3) is 6.08 Å². The van der Waals surface area contributed by atoms with E-state index in [0.29, 0.717) is 0 Å². The number of hydrogen-bond donors (Lipinski definition) is 2. The fourth-order valence-corrected chi connectivity index (χ4v) is 1.74. The maximum absolute atomic E-state index is 13.3. The molecule has 0 aliphatic heterocycles. The molecule has 0 heterocycles. The summed E-state index contributed by atoms with van der Waals surface area (Å²) in [5, 5.41) is 4.66. The van der Waals surface area contributed by atoms with Crippen LogP contribution in [0.1, 0.15) is 11.1 Å². The first kappa shape index (κ1) is 14.7. The molecule has 0 spiro atoms. The molecule has 0 atom stereocenters. The quantitative estimate of drug-likeness (QED) is 0.878. The van der Waals surface area contributed by atoms with Gasteiger partial charge in [-0.15, -0.1) is 0 Å². The molecule has 0 fully saturated rings. The van der Waals surface area contributed by atoms with Crippen molar-refractivity contribution in [3.8, 4) is 0 Å². The number of carbonyl (C=O) groups is 1. The third kappa shape index (κ3) is 4.42. The monoisotopic (exact) mass is 288 g/mol. The van der Waals surface area contributed by atoms with Gasteiger partial charge >= 0.3 is 6.03 Å². The number of halogens is 2. The van der Waals surface area contributed by atoms with Gasteiger partial charge in [-0.1, -0.05) is 29.8 Å². The molecule has 2 N–H and O–H groups in total. The highest BCUT2D eigenvalue weighted by Crippen LogP contribution is 2.14. The van der Waals surface area contributed by atoms with Gasteiger partial charge in [-0.2, -0.15) is 0 Å². The maximum atomic E-state index is 13.3. The van der Waals surface area contributed by atoms with E-state index in [9.17, 15) is 13.6 Å².